The topological polar surface area (TPSA) is 58.5 Å². The lowest BCUT2D eigenvalue weighted by Gasteiger charge is -2.46. The molecule has 0 aromatic heterocycles. The number of hydrogen-bond acceptors (Lipinski definition) is 4. The Bertz CT molecular complexity index is 247. The number of piperidine rings is 2. The fourth-order valence-electron chi connectivity index (χ4n) is 3.37. The SMILES string of the molecule is CC1(N)CCCCN1CCN1CCCCC1(C)N. The lowest BCUT2D eigenvalue weighted by Crippen LogP contribution is -2.61. The van der Waals surface area contributed by atoms with E-state index in [4.69, 9.17) is 11.5 Å². The molecule has 2 fully saturated rings. The third kappa shape index (κ3) is 3.23. The third-order valence-electron chi connectivity index (χ3n) is 4.81. The molecule has 2 rings (SSSR count). The Morgan fingerprint density at radius 3 is 1.50 bits per heavy atom. The van der Waals surface area contributed by atoms with Crippen molar-refractivity contribution in [1.29, 1.82) is 0 Å². The van der Waals surface area contributed by atoms with Crippen molar-refractivity contribution in [3.8, 4) is 0 Å². The predicted molar refractivity (Wildman–Crippen MR) is 76.0 cm³/mol. The van der Waals surface area contributed by atoms with Crippen LogP contribution in [0.2, 0.25) is 0 Å². The maximum atomic E-state index is 6.38. The highest BCUT2D eigenvalue weighted by atomic mass is 15.3. The van der Waals surface area contributed by atoms with Crippen molar-refractivity contribution in [2.45, 2.75) is 63.7 Å². The van der Waals surface area contributed by atoms with Gasteiger partial charge >= 0.3 is 0 Å². The van der Waals surface area contributed by atoms with Crippen LogP contribution in [0.5, 0.6) is 0 Å². The number of nitrogens with zero attached hydrogens (tertiary/aromatic N) is 2. The van der Waals surface area contributed by atoms with Crippen molar-refractivity contribution < 1.29 is 0 Å². The Morgan fingerprint density at radius 2 is 1.17 bits per heavy atom. The highest BCUT2D eigenvalue weighted by Crippen LogP contribution is 2.25. The van der Waals surface area contributed by atoms with Gasteiger partial charge in [-0.2, -0.15) is 0 Å². The van der Waals surface area contributed by atoms with Crippen LogP contribution in [-0.4, -0.2) is 47.3 Å². The van der Waals surface area contributed by atoms with Gasteiger partial charge in [-0.15, -0.1) is 0 Å². The molecule has 0 saturated carbocycles. The molecule has 0 aliphatic carbocycles. The van der Waals surface area contributed by atoms with Gasteiger partial charge in [0.05, 0.1) is 11.3 Å². The molecule has 4 nitrogen and oxygen atoms in total. The molecule has 2 heterocycles. The lowest BCUT2D eigenvalue weighted by molar-refractivity contribution is 0.0188. The quantitative estimate of drug-likeness (QED) is 0.797. The molecule has 2 aliphatic heterocycles. The highest BCUT2D eigenvalue weighted by Gasteiger charge is 2.33. The summed E-state index contributed by atoms with van der Waals surface area (Å²) in [6.07, 6.45) is 7.34. The van der Waals surface area contributed by atoms with Gasteiger partial charge in [0.25, 0.3) is 0 Å². The van der Waals surface area contributed by atoms with Gasteiger partial charge in [0, 0.05) is 13.1 Å². The molecule has 2 unspecified atom stereocenters. The van der Waals surface area contributed by atoms with Crippen LogP contribution in [0, 0.1) is 0 Å². The van der Waals surface area contributed by atoms with E-state index in [1.807, 2.05) is 0 Å². The minimum Gasteiger partial charge on any atom is -0.313 e. The number of hydrogen-bond donors (Lipinski definition) is 2. The first-order valence-electron chi connectivity index (χ1n) is 7.50. The zero-order valence-corrected chi connectivity index (χ0v) is 12.1. The Labute approximate surface area is 112 Å². The lowest BCUT2D eigenvalue weighted by atomic mass is 9.96. The van der Waals surface area contributed by atoms with E-state index in [0.717, 1.165) is 39.0 Å². The number of nitrogens with two attached hydrogens (primary N) is 2. The first kappa shape index (κ1) is 14.3. The fraction of sp³-hybridized carbons (Fsp3) is 1.00. The molecule has 2 saturated heterocycles. The molecule has 106 valence electrons. The Morgan fingerprint density at radius 1 is 0.778 bits per heavy atom. The van der Waals surface area contributed by atoms with Crippen LogP contribution in [-0.2, 0) is 0 Å². The van der Waals surface area contributed by atoms with Crippen molar-refractivity contribution in [3.05, 3.63) is 0 Å². The van der Waals surface area contributed by atoms with E-state index in [1.165, 1.54) is 25.7 Å². The first-order valence-corrected chi connectivity index (χ1v) is 7.50. The van der Waals surface area contributed by atoms with E-state index in [1.54, 1.807) is 0 Å². The number of likely N-dealkylation sites (tertiary alicyclic amines) is 2. The summed E-state index contributed by atoms with van der Waals surface area (Å²) in [5, 5.41) is 0. The molecular weight excluding hydrogens is 224 g/mol. The molecule has 0 aromatic rings. The van der Waals surface area contributed by atoms with E-state index >= 15 is 0 Å². The minimum absolute atomic E-state index is 0.112. The van der Waals surface area contributed by atoms with E-state index in [0.29, 0.717) is 0 Å². The standard InChI is InChI=1S/C14H30N4/c1-13(15)7-3-5-9-17(13)11-12-18-10-6-4-8-14(18,2)16/h3-12,15-16H2,1-2H3. The summed E-state index contributed by atoms with van der Waals surface area (Å²) in [4.78, 5) is 4.89. The van der Waals surface area contributed by atoms with Gasteiger partial charge in [-0.05, 0) is 65.5 Å². The predicted octanol–water partition coefficient (Wildman–Crippen LogP) is 1.31. The molecule has 0 spiro atoms. The second kappa shape index (κ2) is 5.45. The van der Waals surface area contributed by atoms with Crippen LogP contribution < -0.4 is 11.5 Å². The minimum atomic E-state index is -0.112. The van der Waals surface area contributed by atoms with E-state index in [-0.39, 0.29) is 11.3 Å². The monoisotopic (exact) mass is 254 g/mol. The van der Waals surface area contributed by atoms with Gasteiger partial charge in [0.1, 0.15) is 0 Å². The molecular formula is C14H30N4. The number of rotatable bonds is 3. The molecule has 0 amide bonds. The highest BCUT2D eigenvalue weighted by molar-refractivity contribution is 4.88. The zero-order chi connectivity index (χ0) is 13.2. The molecule has 4 N–H and O–H groups in total. The van der Waals surface area contributed by atoms with Gasteiger partial charge < -0.3 is 11.5 Å². The summed E-state index contributed by atoms with van der Waals surface area (Å²) in [7, 11) is 0. The second-order valence-electron chi connectivity index (χ2n) is 6.60. The molecule has 0 radical (unpaired) electrons. The maximum Gasteiger partial charge on any atom is 0.0658 e. The fourth-order valence-corrected chi connectivity index (χ4v) is 3.37. The van der Waals surface area contributed by atoms with Gasteiger partial charge in [-0.3, -0.25) is 9.80 Å². The summed E-state index contributed by atoms with van der Waals surface area (Å²) < 4.78 is 0. The molecule has 2 aliphatic rings. The zero-order valence-electron chi connectivity index (χ0n) is 12.1. The van der Waals surface area contributed by atoms with Crippen LogP contribution in [0.4, 0.5) is 0 Å². The van der Waals surface area contributed by atoms with Crippen LogP contribution in [0.25, 0.3) is 0 Å². The Kier molecular flexibility index (Phi) is 4.32. The summed E-state index contributed by atoms with van der Waals surface area (Å²) in [6, 6.07) is 0. The Hall–Kier alpha value is -0.160. The van der Waals surface area contributed by atoms with Gasteiger partial charge in [0.15, 0.2) is 0 Å². The van der Waals surface area contributed by atoms with Gasteiger partial charge in [-0.25, -0.2) is 0 Å². The van der Waals surface area contributed by atoms with Crippen molar-refractivity contribution in [2.24, 2.45) is 11.5 Å². The normalized spacial score (nSPS) is 40.0. The maximum absolute atomic E-state index is 6.38. The first-order chi connectivity index (χ1) is 8.42. The van der Waals surface area contributed by atoms with Crippen LogP contribution >= 0.6 is 0 Å². The smallest absolute Gasteiger partial charge is 0.0658 e. The van der Waals surface area contributed by atoms with Crippen molar-refractivity contribution in [3.63, 3.8) is 0 Å². The van der Waals surface area contributed by atoms with Crippen LogP contribution in [0.15, 0.2) is 0 Å². The molecule has 18 heavy (non-hydrogen) atoms. The van der Waals surface area contributed by atoms with Gasteiger partial charge in [0.2, 0.25) is 0 Å². The molecule has 0 bridgehead atoms. The average Bonchev–Trinajstić information content (AvgIpc) is 2.28. The largest absolute Gasteiger partial charge is 0.313 e. The third-order valence-corrected chi connectivity index (χ3v) is 4.81. The summed E-state index contributed by atoms with van der Waals surface area (Å²) in [6.45, 7) is 8.73. The Balaban J connectivity index is 1.86. The van der Waals surface area contributed by atoms with E-state index in [2.05, 4.69) is 23.6 Å². The van der Waals surface area contributed by atoms with Crippen molar-refractivity contribution in [2.75, 3.05) is 26.2 Å². The molecule has 4 heteroatoms. The molecule has 2 atom stereocenters. The van der Waals surface area contributed by atoms with Crippen LogP contribution in [0.1, 0.15) is 52.4 Å². The summed E-state index contributed by atoms with van der Waals surface area (Å²) >= 11 is 0. The summed E-state index contributed by atoms with van der Waals surface area (Å²) in [5.41, 5.74) is 12.5. The van der Waals surface area contributed by atoms with Crippen LogP contribution in [0.3, 0.4) is 0 Å². The molecule has 0 aromatic carbocycles. The second-order valence-corrected chi connectivity index (χ2v) is 6.60. The van der Waals surface area contributed by atoms with Gasteiger partial charge in [-0.1, -0.05) is 0 Å². The summed E-state index contributed by atoms with van der Waals surface area (Å²) in [5.74, 6) is 0. The average molecular weight is 254 g/mol. The van der Waals surface area contributed by atoms with E-state index in [9.17, 15) is 0 Å². The van der Waals surface area contributed by atoms with Crippen molar-refractivity contribution in [1.82, 2.24) is 9.80 Å². The van der Waals surface area contributed by atoms with E-state index < -0.39 is 0 Å². The van der Waals surface area contributed by atoms with Crippen molar-refractivity contribution >= 4 is 0 Å².